The minimum absolute atomic E-state index is 0.233. The van der Waals surface area contributed by atoms with E-state index in [0.717, 1.165) is 19.4 Å². The predicted molar refractivity (Wildman–Crippen MR) is 77.3 cm³/mol. The molecule has 1 aliphatic rings. The van der Waals surface area contributed by atoms with Crippen LogP contribution in [0.4, 0.5) is 0 Å². The number of carbonyl (C=O) groups excluding carboxylic acids is 1. The highest BCUT2D eigenvalue weighted by Crippen LogP contribution is 2.19. The molecule has 1 amide bonds. The van der Waals surface area contributed by atoms with E-state index in [-0.39, 0.29) is 12.3 Å². The monoisotopic (exact) mass is 285 g/mol. The molecule has 1 aliphatic heterocycles. The number of hydrogen-bond donors (Lipinski definition) is 2. The number of amides is 1. The number of aliphatic carboxylic acids is 1. The van der Waals surface area contributed by atoms with Gasteiger partial charge in [-0.25, -0.2) is 0 Å². The Balaban J connectivity index is 2.38. The zero-order chi connectivity index (χ0) is 15.3. The molecule has 3 N–H and O–H groups in total. The summed E-state index contributed by atoms with van der Waals surface area (Å²) in [5, 5.41) is 8.67. The second-order valence-electron chi connectivity index (χ2n) is 6.01. The van der Waals surface area contributed by atoms with Gasteiger partial charge in [0, 0.05) is 25.7 Å². The third-order valence-corrected chi connectivity index (χ3v) is 4.07. The van der Waals surface area contributed by atoms with Gasteiger partial charge >= 0.3 is 5.97 Å². The third kappa shape index (κ3) is 5.09. The van der Waals surface area contributed by atoms with Crippen LogP contribution in [-0.2, 0) is 9.59 Å². The number of likely N-dealkylation sites (tertiary alicyclic amines) is 1. The first-order valence-corrected chi connectivity index (χ1v) is 7.27. The van der Waals surface area contributed by atoms with Crippen molar-refractivity contribution in [2.24, 2.45) is 11.7 Å². The second-order valence-corrected chi connectivity index (χ2v) is 6.01. The van der Waals surface area contributed by atoms with Crippen molar-refractivity contribution in [2.75, 3.05) is 26.7 Å². The molecule has 1 unspecified atom stereocenters. The van der Waals surface area contributed by atoms with E-state index in [0.29, 0.717) is 25.0 Å². The first-order chi connectivity index (χ1) is 9.31. The highest BCUT2D eigenvalue weighted by atomic mass is 16.4. The van der Waals surface area contributed by atoms with E-state index < -0.39 is 12.0 Å². The molecule has 0 radical (unpaired) electrons. The fourth-order valence-corrected chi connectivity index (χ4v) is 2.46. The molecule has 1 saturated heterocycles. The van der Waals surface area contributed by atoms with Gasteiger partial charge in [-0.1, -0.05) is 0 Å². The van der Waals surface area contributed by atoms with Crippen LogP contribution in [0.25, 0.3) is 0 Å². The molecule has 0 aromatic carbocycles. The summed E-state index contributed by atoms with van der Waals surface area (Å²) in [7, 11) is 2.12. The zero-order valence-electron chi connectivity index (χ0n) is 12.7. The largest absolute Gasteiger partial charge is 0.481 e. The van der Waals surface area contributed by atoms with E-state index in [1.165, 1.54) is 0 Å². The second kappa shape index (κ2) is 7.59. The molecule has 0 aromatic heterocycles. The first-order valence-electron chi connectivity index (χ1n) is 7.27. The van der Waals surface area contributed by atoms with Gasteiger partial charge in [-0.05, 0) is 39.7 Å². The number of carboxylic acids is 1. The summed E-state index contributed by atoms with van der Waals surface area (Å²) in [5.41, 5.74) is 5.62. The molecule has 1 rings (SSSR count). The highest BCUT2D eigenvalue weighted by Gasteiger charge is 2.28. The number of carbonyl (C=O) groups is 2. The van der Waals surface area contributed by atoms with Gasteiger partial charge in [0.2, 0.25) is 5.91 Å². The summed E-state index contributed by atoms with van der Waals surface area (Å²) in [6.07, 6.45) is 1.63. The molecule has 6 heteroatoms. The Kier molecular flexibility index (Phi) is 6.42. The van der Waals surface area contributed by atoms with Crippen molar-refractivity contribution in [3.63, 3.8) is 0 Å². The molecular formula is C14H27N3O3. The Hall–Kier alpha value is -1.14. The summed E-state index contributed by atoms with van der Waals surface area (Å²) in [6, 6.07) is -0.388. The molecular weight excluding hydrogens is 258 g/mol. The van der Waals surface area contributed by atoms with E-state index in [9.17, 15) is 9.59 Å². The van der Waals surface area contributed by atoms with Crippen LogP contribution >= 0.6 is 0 Å². The summed E-state index contributed by atoms with van der Waals surface area (Å²) in [4.78, 5) is 26.6. The molecule has 20 heavy (non-hydrogen) atoms. The van der Waals surface area contributed by atoms with Crippen molar-refractivity contribution in [3.05, 3.63) is 0 Å². The SMILES string of the molecule is CC(C)N(C)CC1CCN(C(=O)C(N)CC(=O)O)CC1. The maximum atomic E-state index is 12.0. The molecule has 1 fully saturated rings. The number of rotatable bonds is 6. The zero-order valence-corrected chi connectivity index (χ0v) is 12.7. The van der Waals surface area contributed by atoms with Crippen LogP contribution in [-0.4, -0.2) is 65.5 Å². The van der Waals surface area contributed by atoms with Gasteiger partial charge in [0.05, 0.1) is 12.5 Å². The van der Waals surface area contributed by atoms with Crippen LogP contribution in [0.5, 0.6) is 0 Å². The van der Waals surface area contributed by atoms with E-state index in [2.05, 4.69) is 25.8 Å². The van der Waals surface area contributed by atoms with Gasteiger partial charge in [0.25, 0.3) is 0 Å². The van der Waals surface area contributed by atoms with Crippen molar-refractivity contribution < 1.29 is 14.7 Å². The lowest BCUT2D eigenvalue weighted by Crippen LogP contribution is -2.49. The minimum Gasteiger partial charge on any atom is -0.481 e. The molecule has 1 atom stereocenters. The van der Waals surface area contributed by atoms with Crippen LogP contribution < -0.4 is 5.73 Å². The van der Waals surface area contributed by atoms with Crippen LogP contribution in [0, 0.1) is 5.92 Å². The standard InChI is InChI=1S/C14H27N3O3/c1-10(2)16(3)9-11-4-6-17(7-5-11)14(20)12(15)8-13(18)19/h10-12H,4-9,15H2,1-3H3,(H,18,19). The van der Waals surface area contributed by atoms with E-state index in [1.807, 2.05) is 0 Å². The maximum Gasteiger partial charge on any atom is 0.305 e. The molecule has 6 nitrogen and oxygen atoms in total. The average Bonchev–Trinajstić information content (AvgIpc) is 2.37. The Morgan fingerprint density at radius 2 is 1.90 bits per heavy atom. The smallest absolute Gasteiger partial charge is 0.305 e. The number of nitrogens with zero attached hydrogens (tertiary/aromatic N) is 2. The van der Waals surface area contributed by atoms with Crippen molar-refractivity contribution in [2.45, 2.75) is 45.2 Å². The molecule has 0 aliphatic carbocycles. The summed E-state index contributed by atoms with van der Waals surface area (Å²) < 4.78 is 0. The van der Waals surface area contributed by atoms with Gasteiger partial charge in [0.1, 0.15) is 0 Å². The Morgan fingerprint density at radius 3 is 2.35 bits per heavy atom. The van der Waals surface area contributed by atoms with Crippen molar-refractivity contribution in [1.29, 1.82) is 0 Å². The highest BCUT2D eigenvalue weighted by molar-refractivity contribution is 5.86. The van der Waals surface area contributed by atoms with Gasteiger partial charge in [-0.3, -0.25) is 9.59 Å². The van der Waals surface area contributed by atoms with E-state index in [1.54, 1.807) is 4.90 Å². The maximum absolute atomic E-state index is 12.0. The van der Waals surface area contributed by atoms with Crippen molar-refractivity contribution in [3.8, 4) is 0 Å². The first kappa shape index (κ1) is 16.9. The lowest BCUT2D eigenvalue weighted by molar-refractivity contribution is -0.142. The fraction of sp³-hybridized carbons (Fsp3) is 0.857. The molecule has 0 bridgehead atoms. The van der Waals surface area contributed by atoms with Crippen LogP contribution in [0.3, 0.4) is 0 Å². The lowest BCUT2D eigenvalue weighted by atomic mass is 9.95. The van der Waals surface area contributed by atoms with Gasteiger partial charge in [-0.15, -0.1) is 0 Å². The topological polar surface area (TPSA) is 86.9 Å². The van der Waals surface area contributed by atoms with Crippen molar-refractivity contribution in [1.82, 2.24) is 9.80 Å². The summed E-state index contributed by atoms with van der Waals surface area (Å²) in [6.45, 7) is 6.75. The number of nitrogens with two attached hydrogens (primary N) is 1. The van der Waals surface area contributed by atoms with E-state index in [4.69, 9.17) is 10.8 Å². The molecule has 0 aromatic rings. The Labute approximate surface area is 120 Å². The Bertz CT molecular complexity index is 339. The summed E-state index contributed by atoms with van der Waals surface area (Å²) >= 11 is 0. The average molecular weight is 285 g/mol. The lowest BCUT2D eigenvalue weighted by Gasteiger charge is -2.35. The molecule has 0 saturated carbocycles. The fourth-order valence-electron chi connectivity index (χ4n) is 2.46. The quantitative estimate of drug-likeness (QED) is 0.736. The van der Waals surface area contributed by atoms with E-state index >= 15 is 0 Å². The van der Waals surface area contributed by atoms with Crippen LogP contribution in [0.15, 0.2) is 0 Å². The molecule has 116 valence electrons. The summed E-state index contributed by atoms with van der Waals surface area (Å²) in [5.74, 6) is -0.662. The van der Waals surface area contributed by atoms with Gasteiger partial charge < -0.3 is 20.6 Å². The number of carboxylic acid groups (broad SMARTS) is 1. The number of hydrogen-bond acceptors (Lipinski definition) is 4. The van der Waals surface area contributed by atoms with Crippen LogP contribution in [0.2, 0.25) is 0 Å². The van der Waals surface area contributed by atoms with Crippen LogP contribution in [0.1, 0.15) is 33.1 Å². The normalized spacial score (nSPS) is 18.6. The Morgan fingerprint density at radius 1 is 1.35 bits per heavy atom. The van der Waals surface area contributed by atoms with Crippen molar-refractivity contribution >= 4 is 11.9 Å². The number of piperidine rings is 1. The molecule has 0 spiro atoms. The molecule has 1 heterocycles. The minimum atomic E-state index is -1.03. The van der Waals surface area contributed by atoms with Gasteiger partial charge in [-0.2, -0.15) is 0 Å². The van der Waals surface area contributed by atoms with Gasteiger partial charge in [0.15, 0.2) is 0 Å². The third-order valence-electron chi connectivity index (χ3n) is 4.07. The predicted octanol–water partition coefficient (Wildman–Crippen LogP) is 0.367.